The molecule has 0 bridgehead atoms. The standard InChI is InChI=1S/C21H25NO2/c23-21(19-10-5-2-6-11-19)20(18-8-3-1-4-9-18)12-7-13-22-14-16-24-17-15-22/h1-6,8-11,20H,7,12-17H2. The zero-order chi connectivity index (χ0) is 16.6. The summed E-state index contributed by atoms with van der Waals surface area (Å²) in [5.74, 6) is 0.165. The van der Waals surface area contributed by atoms with Crippen molar-refractivity contribution in [2.24, 2.45) is 0 Å². The van der Waals surface area contributed by atoms with Crippen molar-refractivity contribution in [1.29, 1.82) is 0 Å². The second-order valence-corrected chi connectivity index (χ2v) is 6.29. The van der Waals surface area contributed by atoms with Crippen molar-refractivity contribution in [2.75, 3.05) is 32.8 Å². The highest BCUT2D eigenvalue weighted by atomic mass is 16.5. The van der Waals surface area contributed by atoms with Gasteiger partial charge in [-0.05, 0) is 24.9 Å². The lowest BCUT2D eigenvalue weighted by Crippen LogP contribution is -2.37. The maximum atomic E-state index is 13.0. The first-order chi connectivity index (χ1) is 11.8. The highest BCUT2D eigenvalue weighted by molar-refractivity contribution is 6.00. The summed E-state index contributed by atoms with van der Waals surface area (Å²) in [4.78, 5) is 15.4. The molecule has 1 heterocycles. The van der Waals surface area contributed by atoms with E-state index >= 15 is 0 Å². The molecule has 0 saturated carbocycles. The zero-order valence-corrected chi connectivity index (χ0v) is 14.1. The first-order valence-electron chi connectivity index (χ1n) is 8.79. The minimum Gasteiger partial charge on any atom is -0.379 e. The lowest BCUT2D eigenvalue weighted by atomic mass is 9.87. The van der Waals surface area contributed by atoms with E-state index in [4.69, 9.17) is 4.74 Å². The Morgan fingerprint density at radius 3 is 2.25 bits per heavy atom. The van der Waals surface area contributed by atoms with Crippen molar-refractivity contribution in [3.8, 4) is 0 Å². The van der Waals surface area contributed by atoms with Crippen molar-refractivity contribution < 1.29 is 9.53 Å². The smallest absolute Gasteiger partial charge is 0.170 e. The predicted octanol–water partition coefficient (Wildman–Crippen LogP) is 3.77. The number of hydrogen-bond donors (Lipinski definition) is 0. The average molecular weight is 323 g/mol. The van der Waals surface area contributed by atoms with Crippen LogP contribution in [0.4, 0.5) is 0 Å². The van der Waals surface area contributed by atoms with E-state index in [1.807, 2.05) is 48.5 Å². The van der Waals surface area contributed by atoms with E-state index in [2.05, 4.69) is 17.0 Å². The predicted molar refractivity (Wildman–Crippen MR) is 96.4 cm³/mol. The molecule has 126 valence electrons. The van der Waals surface area contributed by atoms with Gasteiger partial charge in [-0.15, -0.1) is 0 Å². The molecular weight excluding hydrogens is 298 g/mol. The Balaban J connectivity index is 1.67. The van der Waals surface area contributed by atoms with E-state index in [-0.39, 0.29) is 11.7 Å². The number of benzene rings is 2. The number of carbonyl (C=O) groups excluding carboxylic acids is 1. The van der Waals surface area contributed by atoms with Crippen LogP contribution in [0.1, 0.15) is 34.7 Å². The largest absolute Gasteiger partial charge is 0.379 e. The lowest BCUT2D eigenvalue weighted by Gasteiger charge is -2.27. The molecule has 1 aliphatic rings. The summed E-state index contributed by atoms with van der Waals surface area (Å²) in [5, 5.41) is 0. The fourth-order valence-corrected chi connectivity index (χ4v) is 3.28. The van der Waals surface area contributed by atoms with E-state index in [0.717, 1.165) is 56.8 Å². The molecule has 1 atom stereocenters. The van der Waals surface area contributed by atoms with Crippen LogP contribution in [0.3, 0.4) is 0 Å². The summed E-state index contributed by atoms with van der Waals surface area (Å²) in [6.07, 6.45) is 1.91. The number of rotatable bonds is 7. The van der Waals surface area contributed by atoms with Gasteiger partial charge in [-0.3, -0.25) is 9.69 Å². The van der Waals surface area contributed by atoms with Crippen LogP contribution >= 0.6 is 0 Å². The SMILES string of the molecule is O=C(c1ccccc1)C(CCCN1CCOCC1)c1ccccc1. The number of ether oxygens (including phenoxy) is 1. The van der Waals surface area contributed by atoms with Crippen LogP contribution in [0.2, 0.25) is 0 Å². The quantitative estimate of drug-likeness (QED) is 0.727. The van der Waals surface area contributed by atoms with Gasteiger partial charge in [0.2, 0.25) is 0 Å². The molecule has 2 aromatic carbocycles. The molecule has 24 heavy (non-hydrogen) atoms. The van der Waals surface area contributed by atoms with Gasteiger partial charge in [-0.1, -0.05) is 60.7 Å². The molecule has 1 unspecified atom stereocenters. The molecule has 0 aliphatic carbocycles. The van der Waals surface area contributed by atoms with Crippen LogP contribution in [0.5, 0.6) is 0 Å². The van der Waals surface area contributed by atoms with Gasteiger partial charge in [0.15, 0.2) is 5.78 Å². The number of carbonyl (C=O) groups is 1. The third-order valence-corrected chi connectivity index (χ3v) is 4.65. The maximum absolute atomic E-state index is 13.0. The summed E-state index contributed by atoms with van der Waals surface area (Å²) >= 11 is 0. The Bertz CT molecular complexity index is 621. The second kappa shape index (κ2) is 8.76. The second-order valence-electron chi connectivity index (χ2n) is 6.29. The first-order valence-corrected chi connectivity index (χ1v) is 8.79. The summed E-state index contributed by atoms with van der Waals surface area (Å²) in [6, 6.07) is 19.8. The Morgan fingerprint density at radius 2 is 1.58 bits per heavy atom. The average Bonchev–Trinajstić information content (AvgIpc) is 2.67. The van der Waals surface area contributed by atoms with E-state index in [1.165, 1.54) is 0 Å². The molecule has 3 rings (SSSR count). The maximum Gasteiger partial charge on any atom is 0.170 e. The number of hydrogen-bond acceptors (Lipinski definition) is 3. The van der Waals surface area contributed by atoms with E-state index < -0.39 is 0 Å². The molecule has 3 heteroatoms. The minimum atomic E-state index is -0.0605. The first kappa shape index (κ1) is 16.9. The fourth-order valence-electron chi connectivity index (χ4n) is 3.28. The Kier molecular flexibility index (Phi) is 6.16. The normalized spacial score (nSPS) is 16.7. The van der Waals surface area contributed by atoms with Gasteiger partial charge in [0.1, 0.15) is 0 Å². The minimum absolute atomic E-state index is 0.0605. The summed E-state index contributed by atoms with van der Waals surface area (Å²) in [7, 11) is 0. The third-order valence-electron chi connectivity index (χ3n) is 4.65. The number of morpholine rings is 1. The van der Waals surface area contributed by atoms with Gasteiger partial charge in [0, 0.05) is 24.6 Å². The van der Waals surface area contributed by atoms with Crippen LogP contribution in [0, 0.1) is 0 Å². The highest BCUT2D eigenvalue weighted by Crippen LogP contribution is 2.26. The molecular formula is C21H25NO2. The summed E-state index contributed by atoms with van der Waals surface area (Å²) in [5.41, 5.74) is 1.92. The molecule has 0 aromatic heterocycles. The lowest BCUT2D eigenvalue weighted by molar-refractivity contribution is 0.0369. The van der Waals surface area contributed by atoms with Crippen molar-refractivity contribution in [3.05, 3.63) is 71.8 Å². The molecule has 1 fully saturated rings. The molecule has 3 nitrogen and oxygen atoms in total. The summed E-state index contributed by atoms with van der Waals surface area (Å²) < 4.78 is 5.40. The van der Waals surface area contributed by atoms with Crippen molar-refractivity contribution in [3.63, 3.8) is 0 Å². The van der Waals surface area contributed by atoms with E-state index in [1.54, 1.807) is 0 Å². The molecule has 0 amide bonds. The fraction of sp³-hybridized carbons (Fsp3) is 0.381. The van der Waals surface area contributed by atoms with Gasteiger partial charge in [-0.25, -0.2) is 0 Å². The van der Waals surface area contributed by atoms with Crippen LogP contribution in [0.25, 0.3) is 0 Å². The van der Waals surface area contributed by atoms with E-state index in [0.29, 0.717) is 0 Å². The van der Waals surface area contributed by atoms with Gasteiger partial charge >= 0.3 is 0 Å². The van der Waals surface area contributed by atoms with Crippen LogP contribution in [-0.2, 0) is 4.74 Å². The third kappa shape index (κ3) is 4.53. The van der Waals surface area contributed by atoms with E-state index in [9.17, 15) is 4.79 Å². The van der Waals surface area contributed by atoms with Gasteiger partial charge < -0.3 is 4.74 Å². The van der Waals surface area contributed by atoms with Gasteiger partial charge in [0.05, 0.1) is 13.2 Å². The molecule has 1 aliphatic heterocycles. The number of Topliss-reactive ketones (excluding diaryl/α,β-unsaturated/α-hetero) is 1. The van der Waals surface area contributed by atoms with Crippen molar-refractivity contribution in [1.82, 2.24) is 4.90 Å². The van der Waals surface area contributed by atoms with Gasteiger partial charge in [-0.2, -0.15) is 0 Å². The van der Waals surface area contributed by atoms with Crippen molar-refractivity contribution in [2.45, 2.75) is 18.8 Å². The zero-order valence-electron chi connectivity index (χ0n) is 14.1. The molecule has 0 radical (unpaired) electrons. The molecule has 0 spiro atoms. The molecule has 1 saturated heterocycles. The number of ketones is 1. The van der Waals surface area contributed by atoms with Crippen molar-refractivity contribution >= 4 is 5.78 Å². The number of nitrogens with zero attached hydrogens (tertiary/aromatic N) is 1. The topological polar surface area (TPSA) is 29.5 Å². The van der Waals surface area contributed by atoms with Gasteiger partial charge in [0.25, 0.3) is 0 Å². The molecule has 2 aromatic rings. The highest BCUT2D eigenvalue weighted by Gasteiger charge is 2.22. The Hall–Kier alpha value is -1.97. The molecule has 0 N–H and O–H groups in total. The van der Waals surface area contributed by atoms with Crippen LogP contribution < -0.4 is 0 Å². The Labute approximate surface area is 144 Å². The van der Waals surface area contributed by atoms with Crippen LogP contribution in [0.15, 0.2) is 60.7 Å². The Morgan fingerprint density at radius 1 is 0.958 bits per heavy atom. The monoisotopic (exact) mass is 323 g/mol. The summed E-state index contributed by atoms with van der Waals surface area (Å²) in [6.45, 7) is 4.69. The van der Waals surface area contributed by atoms with Crippen LogP contribution in [-0.4, -0.2) is 43.5 Å².